The molecule has 3 N–H and O–H groups in total. The van der Waals surface area contributed by atoms with Crippen molar-refractivity contribution in [1.29, 1.82) is 0 Å². The number of hydrogen-bond donors (Lipinski definition) is 2. The molecule has 1 aliphatic rings. The predicted molar refractivity (Wildman–Crippen MR) is 31.5 cm³/mol. The molecule has 0 aromatic carbocycles. The van der Waals surface area contributed by atoms with Crippen molar-refractivity contribution in [3.8, 4) is 0 Å². The summed E-state index contributed by atoms with van der Waals surface area (Å²) >= 11 is 1.26. The van der Waals surface area contributed by atoms with Gasteiger partial charge in [-0.1, -0.05) is 0 Å². The highest BCUT2D eigenvalue weighted by Crippen LogP contribution is 1.98. The lowest BCUT2D eigenvalue weighted by atomic mass is 10.5. The van der Waals surface area contributed by atoms with Crippen LogP contribution >= 0.6 is 12.1 Å². The molecule has 38 valence electrons. The third-order valence-corrected chi connectivity index (χ3v) is 0.967. The second-order valence-corrected chi connectivity index (χ2v) is 1.72. The van der Waals surface area contributed by atoms with E-state index in [2.05, 4.69) is 9.12 Å². The summed E-state index contributed by atoms with van der Waals surface area (Å²) in [5.41, 5.74) is 5.94. The third kappa shape index (κ3) is 1.12. The molecule has 0 saturated carbocycles. The zero-order valence-corrected chi connectivity index (χ0v) is 4.40. The fraction of sp³-hybridized carbons (Fsp3) is 0. The van der Waals surface area contributed by atoms with Gasteiger partial charge in [0.1, 0.15) is 0 Å². The second-order valence-electron chi connectivity index (χ2n) is 1.09. The van der Waals surface area contributed by atoms with Crippen LogP contribution in [0.15, 0.2) is 16.3 Å². The molecule has 0 atom stereocenters. The van der Waals surface area contributed by atoms with Gasteiger partial charge in [0.2, 0.25) is 0 Å². The van der Waals surface area contributed by atoms with Crippen LogP contribution in [0.1, 0.15) is 0 Å². The Morgan fingerprint density at radius 1 is 1.86 bits per heavy atom. The van der Waals surface area contributed by atoms with E-state index < -0.39 is 0 Å². The normalized spacial score (nSPS) is 18.0. The molecule has 0 aliphatic carbocycles. The van der Waals surface area contributed by atoms with Gasteiger partial charge in [0.05, 0.1) is 24.0 Å². The van der Waals surface area contributed by atoms with Crippen LogP contribution in [0.3, 0.4) is 0 Å². The number of nitrogens with two attached hydrogens (primary N) is 1. The van der Waals surface area contributed by atoms with Crippen LogP contribution in [0.25, 0.3) is 0 Å². The maximum atomic E-state index is 5.27. The van der Waals surface area contributed by atoms with Crippen molar-refractivity contribution in [3.63, 3.8) is 0 Å². The lowest BCUT2D eigenvalue weighted by Gasteiger charge is -1.98. The van der Waals surface area contributed by atoms with Crippen LogP contribution in [-0.4, -0.2) is 6.21 Å². The van der Waals surface area contributed by atoms with Gasteiger partial charge in [-0.25, -0.2) is 4.40 Å². The number of allylic oxidation sites excluding steroid dienone is 1. The minimum atomic E-state index is 0.666. The Balaban J connectivity index is 2.58. The highest BCUT2D eigenvalue weighted by molar-refractivity contribution is 7.96. The molecule has 0 unspecified atom stereocenters. The second kappa shape index (κ2) is 1.88. The molecule has 0 saturated heterocycles. The fourth-order valence-electron chi connectivity index (χ4n) is 0.249. The van der Waals surface area contributed by atoms with E-state index in [0.717, 1.165) is 0 Å². The first-order valence-corrected chi connectivity index (χ1v) is 2.57. The molecule has 1 heterocycles. The molecule has 0 aromatic rings. The van der Waals surface area contributed by atoms with Crippen LogP contribution in [0, 0.1) is 0 Å². The van der Waals surface area contributed by atoms with Gasteiger partial charge in [-0.3, -0.25) is 0 Å². The summed E-state index contributed by atoms with van der Waals surface area (Å²) in [6.45, 7) is 0. The molecule has 3 nitrogen and oxygen atoms in total. The first-order valence-electron chi connectivity index (χ1n) is 1.80. The summed E-state index contributed by atoms with van der Waals surface area (Å²) < 4.78 is 6.51. The van der Waals surface area contributed by atoms with E-state index in [1.54, 1.807) is 12.4 Å². The largest absolute Gasteiger partial charge is 0.396 e. The van der Waals surface area contributed by atoms with Gasteiger partial charge in [0, 0.05) is 6.20 Å². The van der Waals surface area contributed by atoms with E-state index in [4.69, 9.17) is 5.73 Å². The SMILES string of the molecule is NC1=CNSN=C1. The Kier molecular flexibility index (Phi) is 1.21. The van der Waals surface area contributed by atoms with Gasteiger partial charge in [-0.15, -0.1) is 0 Å². The standard InChI is InChI=1S/C3H5N3S/c4-3-1-5-7-6-2-3/h1-2,5H,4H2. The number of rotatable bonds is 0. The smallest absolute Gasteiger partial charge is 0.0897 e. The van der Waals surface area contributed by atoms with Crippen molar-refractivity contribution in [3.05, 3.63) is 11.9 Å². The van der Waals surface area contributed by atoms with Crippen LogP contribution < -0.4 is 10.5 Å². The van der Waals surface area contributed by atoms with Crippen molar-refractivity contribution >= 4 is 18.3 Å². The lowest BCUT2D eigenvalue weighted by molar-refractivity contribution is 1.31. The van der Waals surface area contributed by atoms with Gasteiger partial charge >= 0.3 is 0 Å². The van der Waals surface area contributed by atoms with Crippen LogP contribution in [0.4, 0.5) is 0 Å². The predicted octanol–water partition coefficient (Wildman–Crippen LogP) is 0.0237. The summed E-state index contributed by atoms with van der Waals surface area (Å²) in [6.07, 6.45) is 3.29. The van der Waals surface area contributed by atoms with Gasteiger partial charge < -0.3 is 10.5 Å². The van der Waals surface area contributed by atoms with Crippen LogP contribution in [0.5, 0.6) is 0 Å². The molecule has 0 aromatic heterocycles. The van der Waals surface area contributed by atoms with Gasteiger partial charge in [-0.2, -0.15) is 0 Å². The first kappa shape index (κ1) is 4.52. The zero-order valence-electron chi connectivity index (χ0n) is 3.59. The molecule has 0 spiro atoms. The maximum Gasteiger partial charge on any atom is 0.0897 e. The van der Waals surface area contributed by atoms with Gasteiger partial charge in [0.15, 0.2) is 0 Å². The summed E-state index contributed by atoms with van der Waals surface area (Å²) in [5, 5.41) is 0. The first-order chi connectivity index (χ1) is 3.39. The average Bonchev–Trinajstić information content (AvgIpc) is 1.69. The minimum Gasteiger partial charge on any atom is -0.396 e. The monoisotopic (exact) mass is 115 g/mol. The van der Waals surface area contributed by atoms with E-state index in [1.165, 1.54) is 12.1 Å². The third-order valence-electron chi connectivity index (χ3n) is 0.533. The van der Waals surface area contributed by atoms with Crippen molar-refractivity contribution in [2.24, 2.45) is 10.1 Å². The Hall–Kier alpha value is -0.640. The maximum absolute atomic E-state index is 5.27. The molecule has 0 bridgehead atoms. The van der Waals surface area contributed by atoms with Crippen LogP contribution in [-0.2, 0) is 0 Å². The molecule has 0 fully saturated rings. The number of nitrogens with one attached hydrogen (secondary N) is 1. The van der Waals surface area contributed by atoms with E-state index in [0.29, 0.717) is 5.70 Å². The fourth-order valence-corrected chi connectivity index (χ4v) is 0.673. The Morgan fingerprint density at radius 2 is 2.71 bits per heavy atom. The topological polar surface area (TPSA) is 50.4 Å². The van der Waals surface area contributed by atoms with Gasteiger partial charge in [0.25, 0.3) is 0 Å². The van der Waals surface area contributed by atoms with E-state index in [1.807, 2.05) is 0 Å². The average molecular weight is 115 g/mol. The van der Waals surface area contributed by atoms with Crippen molar-refractivity contribution in [2.45, 2.75) is 0 Å². The van der Waals surface area contributed by atoms with E-state index in [-0.39, 0.29) is 0 Å². The zero-order chi connectivity index (χ0) is 5.11. The van der Waals surface area contributed by atoms with Crippen molar-refractivity contribution in [1.82, 2.24) is 4.72 Å². The summed E-state index contributed by atoms with van der Waals surface area (Å²) in [5.74, 6) is 0. The summed E-state index contributed by atoms with van der Waals surface area (Å²) in [4.78, 5) is 0. The minimum absolute atomic E-state index is 0.666. The highest BCUT2D eigenvalue weighted by Gasteiger charge is 1.87. The lowest BCUT2D eigenvalue weighted by Crippen LogP contribution is -2.06. The number of nitrogens with zero attached hydrogens (tertiary/aromatic N) is 1. The van der Waals surface area contributed by atoms with E-state index >= 15 is 0 Å². The Morgan fingerprint density at radius 3 is 3.00 bits per heavy atom. The molecular weight excluding hydrogens is 110 g/mol. The summed E-state index contributed by atoms with van der Waals surface area (Å²) in [6, 6.07) is 0. The number of hydrogen-bond acceptors (Lipinski definition) is 4. The summed E-state index contributed by atoms with van der Waals surface area (Å²) in [7, 11) is 0. The molecule has 4 heteroatoms. The molecule has 0 amide bonds. The molecule has 1 rings (SSSR count). The van der Waals surface area contributed by atoms with Crippen molar-refractivity contribution in [2.75, 3.05) is 0 Å². The molecule has 1 aliphatic heterocycles. The molecule has 7 heavy (non-hydrogen) atoms. The molecule has 0 radical (unpaired) electrons. The molecular formula is C3H5N3S. The Bertz CT molecular complexity index is 117. The van der Waals surface area contributed by atoms with Crippen molar-refractivity contribution < 1.29 is 0 Å². The Labute approximate surface area is 46.0 Å². The quantitative estimate of drug-likeness (QED) is 0.438. The highest BCUT2D eigenvalue weighted by atomic mass is 32.2. The van der Waals surface area contributed by atoms with E-state index in [9.17, 15) is 0 Å². The van der Waals surface area contributed by atoms with Crippen LogP contribution in [0.2, 0.25) is 0 Å². The van der Waals surface area contributed by atoms with Gasteiger partial charge in [-0.05, 0) is 0 Å².